The molecule has 11 aromatic rings. The Balaban J connectivity index is 0.924. The van der Waals surface area contributed by atoms with Crippen LogP contribution in [0.4, 0.5) is 0 Å². The summed E-state index contributed by atoms with van der Waals surface area (Å²) in [6.45, 7) is 0. The zero-order valence-corrected chi connectivity index (χ0v) is 32.4. The van der Waals surface area contributed by atoms with E-state index in [4.69, 9.17) is 4.98 Å². The van der Waals surface area contributed by atoms with Crippen LogP contribution in [0.1, 0.15) is 35.4 Å². The Morgan fingerprint density at radius 1 is 0.390 bits per heavy atom. The lowest BCUT2D eigenvalue weighted by Gasteiger charge is -2.14. The summed E-state index contributed by atoms with van der Waals surface area (Å²) in [5.41, 5.74) is 19.4. The summed E-state index contributed by atoms with van der Waals surface area (Å²) < 4.78 is 7.22. The number of hydrogen-bond acceptors (Lipinski definition) is 1. The van der Waals surface area contributed by atoms with Crippen LogP contribution in [0.25, 0.3) is 106 Å². The first-order valence-corrected chi connectivity index (χ1v) is 20.8. The van der Waals surface area contributed by atoms with Crippen molar-refractivity contribution in [1.29, 1.82) is 0 Å². The molecule has 0 saturated heterocycles. The maximum Gasteiger partial charge on any atom is 0.146 e. The van der Waals surface area contributed by atoms with Gasteiger partial charge in [-0.2, -0.15) is 0 Å². The Bertz CT molecular complexity index is 3590. The Labute approximate surface area is 341 Å². The number of para-hydroxylation sites is 4. The molecule has 4 heteroatoms. The molecule has 2 aliphatic carbocycles. The minimum absolute atomic E-state index is 0.981. The Hall–Kier alpha value is -7.43. The average Bonchev–Trinajstić information content (AvgIpc) is 3.98. The van der Waals surface area contributed by atoms with E-state index in [2.05, 4.69) is 196 Å². The first-order chi connectivity index (χ1) is 29.3. The van der Waals surface area contributed by atoms with Crippen molar-refractivity contribution >= 4 is 72.3 Å². The fraction of sp³-hybridized carbons (Fsp3) is 0.0727. The van der Waals surface area contributed by atoms with Crippen molar-refractivity contribution in [1.82, 2.24) is 18.5 Å². The second-order valence-corrected chi connectivity index (χ2v) is 16.2. The highest BCUT2D eigenvalue weighted by Crippen LogP contribution is 2.39. The second-order valence-electron chi connectivity index (χ2n) is 16.2. The molecule has 0 N–H and O–H groups in total. The highest BCUT2D eigenvalue weighted by Gasteiger charge is 2.21. The van der Waals surface area contributed by atoms with Gasteiger partial charge in [0.2, 0.25) is 0 Å². The van der Waals surface area contributed by atoms with Gasteiger partial charge in [-0.3, -0.25) is 4.40 Å². The molecule has 2 aliphatic rings. The highest BCUT2D eigenvalue weighted by molar-refractivity contribution is 6.15. The topological polar surface area (TPSA) is 27.2 Å². The smallest absolute Gasteiger partial charge is 0.146 e. The summed E-state index contributed by atoms with van der Waals surface area (Å²) in [5.74, 6) is 0. The summed E-state index contributed by atoms with van der Waals surface area (Å²) in [4.78, 5) is 5.29. The number of rotatable bonds is 4. The van der Waals surface area contributed by atoms with Gasteiger partial charge in [0.25, 0.3) is 0 Å². The molecule has 0 unspecified atom stereocenters. The van der Waals surface area contributed by atoms with E-state index >= 15 is 0 Å². The van der Waals surface area contributed by atoms with Crippen molar-refractivity contribution < 1.29 is 0 Å². The van der Waals surface area contributed by atoms with Crippen LogP contribution in [-0.2, 0) is 12.8 Å². The Kier molecular flexibility index (Phi) is 6.93. The molecule has 0 aliphatic heterocycles. The van der Waals surface area contributed by atoms with Gasteiger partial charge in [0.15, 0.2) is 0 Å². The number of pyridine rings is 1. The van der Waals surface area contributed by atoms with Crippen molar-refractivity contribution in [3.63, 3.8) is 0 Å². The zero-order valence-electron chi connectivity index (χ0n) is 32.4. The molecule has 7 aromatic carbocycles. The molecule has 13 rings (SSSR count). The Morgan fingerprint density at radius 3 is 1.51 bits per heavy atom. The molecule has 0 atom stereocenters. The fourth-order valence-electron chi connectivity index (χ4n) is 10.3. The molecule has 0 radical (unpaired) electrons. The maximum atomic E-state index is 5.29. The SMILES string of the molecule is C1=Cc2c(c3ccccc3n2-c2ccc(-c3ccc4c5ccc(-c6ccc(-n7c8c(c9ccccc97)CCC=C8)cc6)cc5n5c6ccccc6nc5c4c3)cc2)CC1. The third-order valence-corrected chi connectivity index (χ3v) is 13.0. The van der Waals surface area contributed by atoms with Crippen molar-refractivity contribution in [2.45, 2.75) is 25.7 Å². The zero-order chi connectivity index (χ0) is 38.6. The fourth-order valence-corrected chi connectivity index (χ4v) is 10.3. The van der Waals surface area contributed by atoms with Crippen LogP contribution in [0.3, 0.4) is 0 Å². The molecule has 0 bridgehead atoms. The number of aromatic nitrogens is 4. The van der Waals surface area contributed by atoms with Gasteiger partial charge in [0, 0.05) is 44.3 Å². The molecule has 0 fully saturated rings. The number of allylic oxidation sites excluding steroid dienone is 2. The van der Waals surface area contributed by atoms with Crippen LogP contribution in [0.5, 0.6) is 0 Å². The maximum absolute atomic E-state index is 5.29. The minimum Gasteiger partial charge on any atom is -0.310 e. The molecule has 278 valence electrons. The molecule has 0 spiro atoms. The normalized spacial score (nSPS) is 13.7. The van der Waals surface area contributed by atoms with Gasteiger partial charge in [-0.1, -0.05) is 109 Å². The predicted molar refractivity (Wildman–Crippen MR) is 247 cm³/mol. The predicted octanol–water partition coefficient (Wildman–Crippen LogP) is 13.9. The van der Waals surface area contributed by atoms with Crippen LogP contribution in [-0.4, -0.2) is 18.5 Å². The van der Waals surface area contributed by atoms with E-state index in [1.807, 2.05) is 0 Å². The van der Waals surface area contributed by atoms with Gasteiger partial charge >= 0.3 is 0 Å². The van der Waals surface area contributed by atoms with E-state index in [0.29, 0.717) is 0 Å². The van der Waals surface area contributed by atoms with Crippen LogP contribution in [0.15, 0.2) is 170 Å². The van der Waals surface area contributed by atoms with E-state index in [1.54, 1.807) is 0 Å². The minimum atomic E-state index is 0.981. The third-order valence-electron chi connectivity index (χ3n) is 13.0. The van der Waals surface area contributed by atoms with Gasteiger partial charge in [0.05, 0.1) is 27.6 Å². The lowest BCUT2D eigenvalue weighted by molar-refractivity contribution is 0.967. The van der Waals surface area contributed by atoms with E-state index in [9.17, 15) is 0 Å². The molecule has 4 aromatic heterocycles. The molecular formula is C55H38N4. The summed E-state index contributed by atoms with van der Waals surface area (Å²) in [6, 6.07) is 58.2. The number of imidazole rings is 1. The third kappa shape index (κ3) is 4.80. The molecule has 0 saturated carbocycles. The van der Waals surface area contributed by atoms with Gasteiger partial charge < -0.3 is 9.13 Å². The first-order valence-electron chi connectivity index (χ1n) is 20.8. The first kappa shape index (κ1) is 32.6. The number of aryl methyl sites for hydroxylation is 2. The molecule has 59 heavy (non-hydrogen) atoms. The van der Waals surface area contributed by atoms with E-state index in [-0.39, 0.29) is 0 Å². The monoisotopic (exact) mass is 754 g/mol. The van der Waals surface area contributed by atoms with Gasteiger partial charge in [0.1, 0.15) is 5.65 Å². The van der Waals surface area contributed by atoms with Gasteiger partial charge in [-0.15, -0.1) is 0 Å². The summed E-state index contributed by atoms with van der Waals surface area (Å²) in [6.07, 6.45) is 13.6. The molecule has 4 nitrogen and oxygen atoms in total. The van der Waals surface area contributed by atoms with Crippen molar-refractivity contribution in [3.8, 4) is 33.6 Å². The van der Waals surface area contributed by atoms with E-state index in [0.717, 1.165) is 53.3 Å². The molecule has 4 heterocycles. The van der Waals surface area contributed by atoms with Crippen molar-refractivity contribution in [2.24, 2.45) is 0 Å². The highest BCUT2D eigenvalue weighted by atomic mass is 15.0. The van der Waals surface area contributed by atoms with E-state index in [1.165, 1.54) is 88.7 Å². The van der Waals surface area contributed by atoms with Crippen LogP contribution < -0.4 is 0 Å². The van der Waals surface area contributed by atoms with Crippen LogP contribution >= 0.6 is 0 Å². The standard InChI is InChI=1S/C55H38N4/c1-6-16-49-42(11-1)43-12-2-7-17-50(43)57(49)39-27-21-35(22-28-39)37-25-31-41-46-32-26-38(34-54(46)59-53-20-10-5-15-48(53)56-55(59)47(41)33-37)36-23-29-40(30-24-36)58-51-18-8-3-13-44(51)45-14-4-9-19-52(45)58/h1,3,5-11,13,15-34H,2,4,12,14H2. The van der Waals surface area contributed by atoms with Crippen LogP contribution in [0, 0.1) is 0 Å². The number of benzene rings is 7. The molecular weight excluding hydrogens is 717 g/mol. The Morgan fingerprint density at radius 2 is 0.898 bits per heavy atom. The largest absolute Gasteiger partial charge is 0.310 e. The number of nitrogens with zero attached hydrogens (tertiary/aromatic N) is 4. The summed E-state index contributed by atoms with van der Waals surface area (Å²) in [5, 5.41) is 6.29. The average molecular weight is 755 g/mol. The number of hydrogen-bond donors (Lipinski definition) is 0. The lowest BCUT2D eigenvalue weighted by atomic mass is 9.97. The molecule has 0 amide bonds. The van der Waals surface area contributed by atoms with Gasteiger partial charge in [-0.25, -0.2) is 4.98 Å². The lowest BCUT2D eigenvalue weighted by Crippen LogP contribution is -2.00. The van der Waals surface area contributed by atoms with Crippen molar-refractivity contribution in [3.05, 3.63) is 192 Å². The summed E-state index contributed by atoms with van der Waals surface area (Å²) >= 11 is 0. The quantitative estimate of drug-likeness (QED) is 0.164. The van der Waals surface area contributed by atoms with Crippen molar-refractivity contribution in [2.75, 3.05) is 0 Å². The van der Waals surface area contributed by atoms with Crippen LogP contribution in [0.2, 0.25) is 0 Å². The number of fused-ring (bicyclic) bond motifs is 14. The summed E-state index contributed by atoms with van der Waals surface area (Å²) in [7, 11) is 0. The van der Waals surface area contributed by atoms with Gasteiger partial charge in [-0.05, 0) is 137 Å². The second kappa shape index (κ2) is 12.5. The van der Waals surface area contributed by atoms with E-state index < -0.39 is 0 Å².